The van der Waals surface area contributed by atoms with Crippen LogP contribution in [0.3, 0.4) is 0 Å². The molecule has 0 saturated heterocycles. The fourth-order valence-electron chi connectivity index (χ4n) is 4.01. The van der Waals surface area contributed by atoms with E-state index in [-0.39, 0.29) is 11.5 Å². The maximum atomic E-state index is 10.3. The third kappa shape index (κ3) is 2.34. The Bertz CT molecular complexity index is 775. The van der Waals surface area contributed by atoms with Crippen LogP contribution < -0.4 is 4.74 Å². The van der Waals surface area contributed by atoms with E-state index in [0.29, 0.717) is 17.8 Å². The second-order valence-electron chi connectivity index (χ2n) is 7.12. The van der Waals surface area contributed by atoms with Gasteiger partial charge in [0.05, 0.1) is 6.61 Å². The van der Waals surface area contributed by atoms with Crippen molar-refractivity contribution in [3.05, 3.63) is 41.5 Å². The van der Waals surface area contributed by atoms with Crippen LogP contribution in [0, 0.1) is 0 Å². The van der Waals surface area contributed by atoms with E-state index in [1.165, 1.54) is 30.4 Å². The van der Waals surface area contributed by atoms with Crippen LogP contribution >= 0.6 is 0 Å². The van der Waals surface area contributed by atoms with E-state index in [0.717, 1.165) is 30.4 Å². The highest BCUT2D eigenvalue weighted by Crippen LogP contribution is 2.58. The fraction of sp³-hybridized carbons (Fsp3) is 0.429. The van der Waals surface area contributed by atoms with Gasteiger partial charge >= 0.3 is 0 Å². The molecule has 24 heavy (non-hydrogen) atoms. The van der Waals surface area contributed by atoms with Gasteiger partial charge in [-0.15, -0.1) is 0 Å². The van der Waals surface area contributed by atoms with Crippen molar-refractivity contribution in [2.75, 3.05) is 6.61 Å². The molecule has 0 aromatic heterocycles. The molecule has 4 rings (SSSR count). The Morgan fingerprint density at radius 3 is 2.62 bits per heavy atom. The summed E-state index contributed by atoms with van der Waals surface area (Å²) in [6.45, 7) is 2.64. The standard InChI is InChI=1S/C21H24O3/c1-2-3-13-24-20-16(7-8-18(22)19(20)23)14-5-4-6-17-15(14)9-10-21(17)11-12-21/h4-8,22-23H,2-3,9-13H2,1H3. The Balaban J connectivity index is 1.80. The molecule has 2 aromatic carbocycles. The summed E-state index contributed by atoms with van der Waals surface area (Å²) in [5.74, 6) is 0.130. The van der Waals surface area contributed by atoms with Crippen LogP contribution in [0.15, 0.2) is 30.3 Å². The first-order chi connectivity index (χ1) is 11.7. The van der Waals surface area contributed by atoms with E-state index in [4.69, 9.17) is 4.74 Å². The van der Waals surface area contributed by atoms with E-state index in [2.05, 4.69) is 25.1 Å². The number of phenolic OH excluding ortho intramolecular Hbond substituents is 2. The lowest BCUT2D eigenvalue weighted by Gasteiger charge is -2.17. The van der Waals surface area contributed by atoms with Crippen LogP contribution in [-0.4, -0.2) is 16.8 Å². The van der Waals surface area contributed by atoms with Crippen LogP contribution in [0.1, 0.15) is 50.2 Å². The van der Waals surface area contributed by atoms with Gasteiger partial charge in [0, 0.05) is 5.56 Å². The quantitative estimate of drug-likeness (QED) is 0.606. The lowest BCUT2D eigenvalue weighted by Crippen LogP contribution is -2.01. The van der Waals surface area contributed by atoms with Gasteiger partial charge < -0.3 is 14.9 Å². The smallest absolute Gasteiger partial charge is 0.201 e. The number of phenols is 2. The number of aromatic hydroxyl groups is 2. The topological polar surface area (TPSA) is 49.7 Å². The van der Waals surface area contributed by atoms with Crippen LogP contribution in [0.2, 0.25) is 0 Å². The molecular weight excluding hydrogens is 300 g/mol. The summed E-state index contributed by atoms with van der Waals surface area (Å²) in [7, 11) is 0. The summed E-state index contributed by atoms with van der Waals surface area (Å²) >= 11 is 0. The number of unbranched alkanes of at least 4 members (excludes halogenated alkanes) is 1. The molecular formula is C21H24O3. The molecule has 2 aliphatic rings. The minimum Gasteiger partial charge on any atom is -0.504 e. The highest BCUT2D eigenvalue weighted by molar-refractivity contribution is 5.79. The van der Waals surface area contributed by atoms with Crippen molar-refractivity contribution in [3.8, 4) is 28.4 Å². The monoisotopic (exact) mass is 324 g/mol. The van der Waals surface area contributed by atoms with Crippen molar-refractivity contribution in [3.63, 3.8) is 0 Å². The van der Waals surface area contributed by atoms with Crippen LogP contribution in [-0.2, 0) is 11.8 Å². The summed E-state index contributed by atoms with van der Waals surface area (Å²) in [6, 6.07) is 9.90. The number of ether oxygens (including phenoxy) is 1. The SMILES string of the molecule is CCCCOc1c(-c2cccc3c2CCC32CC2)ccc(O)c1O. The minimum absolute atomic E-state index is 0.128. The largest absolute Gasteiger partial charge is 0.504 e. The number of fused-ring (bicyclic) bond motifs is 2. The number of hydrogen-bond donors (Lipinski definition) is 2. The molecule has 0 aliphatic heterocycles. The highest BCUT2D eigenvalue weighted by Gasteiger charge is 2.48. The molecule has 0 bridgehead atoms. The Morgan fingerprint density at radius 2 is 1.88 bits per heavy atom. The van der Waals surface area contributed by atoms with Gasteiger partial charge in [0.25, 0.3) is 0 Å². The third-order valence-electron chi connectivity index (χ3n) is 5.60. The second-order valence-corrected chi connectivity index (χ2v) is 7.12. The summed E-state index contributed by atoms with van der Waals surface area (Å²) < 4.78 is 5.86. The van der Waals surface area contributed by atoms with Crippen molar-refractivity contribution in [2.45, 2.75) is 50.9 Å². The minimum atomic E-state index is -0.152. The van der Waals surface area contributed by atoms with E-state index in [9.17, 15) is 10.2 Å². The highest BCUT2D eigenvalue weighted by atomic mass is 16.5. The van der Waals surface area contributed by atoms with Gasteiger partial charge in [0.1, 0.15) is 0 Å². The molecule has 3 nitrogen and oxygen atoms in total. The Labute approximate surface area is 142 Å². The maximum absolute atomic E-state index is 10.3. The fourth-order valence-corrected chi connectivity index (χ4v) is 4.01. The van der Waals surface area contributed by atoms with Gasteiger partial charge in [-0.25, -0.2) is 0 Å². The number of hydrogen-bond acceptors (Lipinski definition) is 3. The zero-order valence-electron chi connectivity index (χ0n) is 14.1. The lowest BCUT2D eigenvalue weighted by atomic mass is 9.93. The maximum Gasteiger partial charge on any atom is 0.201 e. The number of benzene rings is 2. The molecule has 1 fully saturated rings. The molecule has 1 saturated carbocycles. The van der Waals surface area contributed by atoms with E-state index in [1.807, 2.05) is 6.07 Å². The molecule has 0 unspecified atom stereocenters. The van der Waals surface area contributed by atoms with Crippen molar-refractivity contribution >= 4 is 0 Å². The van der Waals surface area contributed by atoms with Crippen molar-refractivity contribution in [1.29, 1.82) is 0 Å². The Morgan fingerprint density at radius 1 is 1.04 bits per heavy atom. The first kappa shape index (κ1) is 15.4. The molecule has 2 N–H and O–H groups in total. The average molecular weight is 324 g/mol. The predicted octanol–water partition coefficient (Wildman–Crippen LogP) is 4.92. The molecule has 0 amide bonds. The molecule has 126 valence electrons. The van der Waals surface area contributed by atoms with E-state index < -0.39 is 0 Å². The molecule has 1 spiro atoms. The van der Waals surface area contributed by atoms with Crippen molar-refractivity contribution in [2.24, 2.45) is 0 Å². The van der Waals surface area contributed by atoms with Gasteiger partial charge in [-0.1, -0.05) is 31.5 Å². The van der Waals surface area contributed by atoms with Gasteiger partial charge in [-0.3, -0.25) is 0 Å². The first-order valence-electron chi connectivity index (χ1n) is 8.97. The third-order valence-corrected chi connectivity index (χ3v) is 5.60. The summed E-state index contributed by atoms with van der Waals surface area (Å²) in [5, 5.41) is 20.2. The molecule has 0 radical (unpaired) electrons. The summed E-state index contributed by atoms with van der Waals surface area (Å²) in [4.78, 5) is 0. The van der Waals surface area contributed by atoms with Crippen LogP contribution in [0.5, 0.6) is 17.2 Å². The second kappa shape index (κ2) is 5.73. The van der Waals surface area contributed by atoms with Gasteiger partial charge in [0.15, 0.2) is 11.5 Å². The van der Waals surface area contributed by atoms with Crippen LogP contribution in [0.4, 0.5) is 0 Å². The molecule has 0 heterocycles. The molecule has 2 aliphatic carbocycles. The van der Waals surface area contributed by atoms with Crippen molar-refractivity contribution in [1.82, 2.24) is 0 Å². The zero-order valence-corrected chi connectivity index (χ0v) is 14.1. The Kier molecular flexibility index (Phi) is 3.67. The number of rotatable bonds is 5. The van der Waals surface area contributed by atoms with E-state index in [1.54, 1.807) is 6.07 Å². The van der Waals surface area contributed by atoms with Gasteiger partial charge in [-0.05, 0) is 66.3 Å². The van der Waals surface area contributed by atoms with E-state index >= 15 is 0 Å². The predicted molar refractivity (Wildman–Crippen MR) is 94.8 cm³/mol. The summed E-state index contributed by atoms with van der Waals surface area (Å²) in [6.07, 6.45) is 6.86. The zero-order chi connectivity index (χ0) is 16.7. The first-order valence-corrected chi connectivity index (χ1v) is 8.97. The van der Waals surface area contributed by atoms with Crippen molar-refractivity contribution < 1.29 is 14.9 Å². The average Bonchev–Trinajstić information content (AvgIpc) is 3.28. The van der Waals surface area contributed by atoms with Crippen LogP contribution in [0.25, 0.3) is 11.1 Å². The summed E-state index contributed by atoms with van der Waals surface area (Å²) in [5.41, 5.74) is 5.31. The normalized spacial score (nSPS) is 17.0. The van der Waals surface area contributed by atoms with Gasteiger partial charge in [0.2, 0.25) is 5.75 Å². The lowest BCUT2D eigenvalue weighted by molar-refractivity contribution is 0.288. The molecule has 0 atom stereocenters. The Hall–Kier alpha value is -2.16. The molecule has 2 aromatic rings. The molecule has 3 heteroatoms. The van der Waals surface area contributed by atoms with Gasteiger partial charge in [-0.2, -0.15) is 0 Å².